The van der Waals surface area contributed by atoms with Gasteiger partial charge in [-0.3, -0.25) is 4.90 Å². The van der Waals surface area contributed by atoms with Crippen molar-refractivity contribution in [3.05, 3.63) is 60.2 Å². The van der Waals surface area contributed by atoms with Crippen LogP contribution in [0.25, 0.3) is 10.9 Å². The van der Waals surface area contributed by atoms with E-state index in [2.05, 4.69) is 85.4 Å². The number of aromatic nitrogens is 1. The molecule has 2 heterocycles. The van der Waals surface area contributed by atoms with E-state index in [1.807, 2.05) is 12.1 Å². The van der Waals surface area contributed by atoms with Crippen molar-refractivity contribution in [3.8, 4) is 0 Å². The third kappa shape index (κ3) is 3.10. The molecule has 0 fully saturated rings. The monoisotopic (exact) mass is 389 g/mol. The molecule has 152 valence electrons. The normalized spacial score (nSPS) is 18.5. The zero-order chi connectivity index (χ0) is 20.6. The van der Waals surface area contributed by atoms with Gasteiger partial charge in [0.1, 0.15) is 11.5 Å². The quantitative estimate of drug-likeness (QED) is 0.631. The fraction of sp³-hybridized carbons (Fsp3) is 0.375. The van der Waals surface area contributed by atoms with E-state index in [9.17, 15) is 0 Å². The van der Waals surface area contributed by atoms with Crippen molar-refractivity contribution in [2.45, 2.75) is 33.0 Å². The molecule has 5 heteroatoms. The van der Waals surface area contributed by atoms with Gasteiger partial charge in [-0.15, -0.1) is 0 Å². The largest absolute Gasteiger partial charge is 0.382 e. The molecule has 2 aromatic carbocycles. The first-order chi connectivity index (χ1) is 14.0. The van der Waals surface area contributed by atoms with Crippen LogP contribution in [0.5, 0.6) is 0 Å². The number of anilines is 3. The van der Waals surface area contributed by atoms with Gasteiger partial charge in [-0.05, 0) is 25.5 Å². The zero-order valence-electron chi connectivity index (χ0n) is 17.8. The van der Waals surface area contributed by atoms with Crippen molar-refractivity contribution in [1.82, 2.24) is 9.88 Å². The number of pyridine rings is 1. The first kappa shape index (κ1) is 19.5. The second-order valence-electron chi connectivity index (χ2n) is 8.33. The van der Waals surface area contributed by atoms with Gasteiger partial charge in [0.2, 0.25) is 0 Å². The minimum absolute atomic E-state index is 0.481. The predicted molar refractivity (Wildman–Crippen MR) is 123 cm³/mol. The minimum Gasteiger partial charge on any atom is -0.382 e. The van der Waals surface area contributed by atoms with Crippen LogP contribution in [-0.4, -0.2) is 30.0 Å². The SMILES string of the molecule is CCCN(C)C1(c2ccccc2)Nc2c(N)nc3ccccc3c2N1CC(C)C. The highest BCUT2D eigenvalue weighted by Gasteiger charge is 2.49. The van der Waals surface area contributed by atoms with E-state index in [1.165, 1.54) is 5.56 Å². The molecule has 0 spiro atoms. The molecule has 3 N–H and O–H groups in total. The van der Waals surface area contributed by atoms with Crippen LogP contribution in [0.2, 0.25) is 0 Å². The molecule has 0 amide bonds. The van der Waals surface area contributed by atoms with Crippen molar-refractivity contribution < 1.29 is 0 Å². The molecule has 0 bridgehead atoms. The lowest BCUT2D eigenvalue weighted by atomic mass is 10.0. The van der Waals surface area contributed by atoms with Crippen LogP contribution in [0, 0.1) is 5.92 Å². The lowest BCUT2D eigenvalue weighted by Crippen LogP contribution is -2.60. The first-order valence-electron chi connectivity index (χ1n) is 10.5. The summed E-state index contributed by atoms with van der Waals surface area (Å²) in [6.45, 7) is 8.60. The highest BCUT2D eigenvalue weighted by molar-refractivity contribution is 6.04. The Morgan fingerprint density at radius 3 is 2.48 bits per heavy atom. The highest BCUT2D eigenvalue weighted by Crippen LogP contribution is 2.51. The average molecular weight is 390 g/mol. The molecule has 5 nitrogen and oxygen atoms in total. The number of hydrogen-bond acceptors (Lipinski definition) is 5. The summed E-state index contributed by atoms with van der Waals surface area (Å²) in [6.07, 6.45) is 1.06. The fourth-order valence-electron chi connectivity index (χ4n) is 4.53. The van der Waals surface area contributed by atoms with Crippen molar-refractivity contribution in [2.24, 2.45) is 5.92 Å². The second kappa shape index (κ2) is 7.56. The first-order valence-corrected chi connectivity index (χ1v) is 10.5. The molecular weight excluding hydrogens is 358 g/mol. The van der Waals surface area contributed by atoms with E-state index >= 15 is 0 Å². The smallest absolute Gasteiger partial charge is 0.196 e. The predicted octanol–water partition coefficient (Wildman–Crippen LogP) is 4.86. The van der Waals surface area contributed by atoms with E-state index in [-0.39, 0.29) is 0 Å². The molecule has 0 aliphatic carbocycles. The summed E-state index contributed by atoms with van der Waals surface area (Å²) in [5, 5.41) is 4.96. The molecular formula is C24H31N5. The number of nitrogens with one attached hydrogen (secondary N) is 1. The molecule has 29 heavy (non-hydrogen) atoms. The lowest BCUT2D eigenvalue weighted by molar-refractivity contribution is 0.143. The van der Waals surface area contributed by atoms with Crippen LogP contribution in [0.3, 0.4) is 0 Å². The summed E-state index contributed by atoms with van der Waals surface area (Å²) >= 11 is 0. The van der Waals surface area contributed by atoms with Gasteiger partial charge in [-0.25, -0.2) is 4.98 Å². The van der Waals surface area contributed by atoms with Crippen LogP contribution in [0.4, 0.5) is 17.2 Å². The standard InChI is InChI=1S/C24H31N5/c1-5-15-28(4)24(18-11-7-6-8-12-18)27-21-22(29(24)16-17(2)3)19-13-9-10-14-20(19)26-23(21)25/h6-14,17,27H,5,15-16H2,1-4H3,(H2,25,26). The number of benzene rings is 2. The Morgan fingerprint density at radius 1 is 1.10 bits per heavy atom. The van der Waals surface area contributed by atoms with Crippen molar-refractivity contribution in [3.63, 3.8) is 0 Å². The zero-order valence-corrected chi connectivity index (χ0v) is 17.8. The third-order valence-corrected chi connectivity index (χ3v) is 5.69. The van der Waals surface area contributed by atoms with E-state index in [0.29, 0.717) is 11.7 Å². The van der Waals surface area contributed by atoms with Gasteiger partial charge in [0.25, 0.3) is 0 Å². The Bertz CT molecular complexity index is 1000. The second-order valence-corrected chi connectivity index (χ2v) is 8.33. The Labute approximate surface area is 173 Å². The van der Waals surface area contributed by atoms with Gasteiger partial charge in [0, 0.05) is 24.0 Å². The minimum atomic E-state index is -0.510. The van der Waals surface area contributed by atoms with E-state index in [0.717, 1.165) is 41.8 Å². The molecule has 0 saturated heterocycles. The van der Waals surface area contributed by atoms with E-state index < -0.39 is 5.79 Å². The number of nitrogens with two attached hydrogens (primary N) is 1. The lowest BCUT2D eigenvalue weighted by Gasteiger charge is -2.47. The fourth-order valence-corrected chi connectivity index (χ4v) is 4.53. The topological polar surface area (TPSA) is 57.4 Å². The Morgan fingerprint density at radius 2 is 1.79 bits per heavy atom. The number of rotatable bonds is 6. The Kier molecular flexibility index (Phi) is 5.09. The maximum absolute atomic E-state index is 6.49. The average Bonchev–Trinajstić information content (AvgIpc) is 3.05. The number of nitrogen functional groups attached to an aromatic ring is 1. The number of hydrogen-bond donors (Lipinski definition) is 2. The molecule has 1 aromatic heterocycles. The molecule has 0 saturated carbocycles. The summed E-state index contributed by atoms with van der Waals surface area (Å²) in [4.78, 5) is 9.60. The third-order valence-electron chi connectivity index (χ3n) is 5.69. The number of fused-ring (bicyclic) bond motifs is 3. The maximum Gasteiger partial charge on any atom is 0.196 e. The summed E-state index contributed by atoms with van der Waals surface area (Å²) in [5.74, 6) is 0.522. The summed E-state index contributed by atoms with van der Waals surface area (Å²) < 4.78 is 0. The molecule has 1 unspecified atom stereocenters. The van der Waals surface area contributed by atoms with E-state index in [1.54, 1.807) is 0 Å². The van der Waals surface area contributed by atoms with E-state index in [4.69, 9.17) is 10.7 Å². The maximum atomic E-state index is 6.49. The van der Waals surface area contributed by atoms with Crippen molar-refractivity contribution in [2.75, 3.05) is 36.1 Å². The van der Waals surface area contributed by atoms with Gasteiger partial charge in [-0.1, -0.05) is 69.3 Å². The Balaban J connectivity index is 2.02. The van der Waals surface area contributed by atoms with Gasteiger partial charge in [-0.2, -0.15) is 0 Å². The summed E-state index contributed by atoms with van der Waals surface area (Å²) in [6, 6.07) is 19.0. The molecule has 3 aromatic rings. The molecule has 1 aliphatic rings. The van der Waals surface area contributed by atoms with Crippen molar-refractivity contribution in [1.29, 1.82) is 0 Å². The molecule has 0 radical (unpaired) electrons. The van der Waals surface area contributed by atoms with Gasteiger partial charge in [0.05, 0.1) is 11.2 Å². The van der Waals surface area contributed by atoms with Gasteiger partial charge in [0.15, 0.2) is 5.79 Å². The Hall–Kier alpha value is -2.79. The summed E-state index contributed by atoms with van der Waals surface area (Å²) in [5.41, 5.74) is 10.7. The number of nitrogens with zero attached hydrogens (tertiary/aromatic N) is 3. The van der Waals surface area contributed by atoms with Crippen LogP contribution < -0.4 is 16.0 Å². The number of para-hydroxylation sites is 1. The van der Waals surface area contributed by atoms with Crippen molar-refractivity contribution >= 4 is 28.1 Å². The highest BCUT2D eigenvalue weighted by atomic mass is 15.5. The molecule has 1 atom stereocenters. The van der Waals surface area contributed by atoms with Crippen LogP contribution in [-0.2, 0) is 5.79 Å². The summed E-state index contributed by atoms with van der Waals surface area (Å²) in [7, 11) is 2.19. The van der Waals surface area contributed by atoms with Crippen LogP contribution in [0.15, 0.2) is 54.6 Å². The van der Waals surface area contributed by atoms with Gasteiger partial charge >= 0.3 is 0 Å². The molecule has 4 rings (SSSR count). The van der Waals surface area contributed by atoms with Crippen LogP contribution >= 0.6 is 0 Å². The van der Waals surface area contributed by atoms with Crippen LogP contribution in [0.1, 0.15) is 32.8 Å². The van der Waals surface area contributed by atoms with Gasteiger partial charge < -0.3 is 16.0 Å². The molecule has 1 aliphatic heterocycles.